The molecule has 1 rings (SSSR count). The predicted octanol–water partition coefficient (Wildman–Crippen LogP) is 2.02. The van der Waals surface area contributed by atoms with Crippen LogP contribution in [0.2, 0.25) is 0 Å². The largest absolute Gasteiger partial charge is 0.493 e. The maximum Gasteiger partial charge on any atom is 0.241 e. The van der Waals surface area contributed by atoms with E-state index >= 15 is 0 Å². The minimum atomic E-state index is -0.628. The second kappa shape index (κ2) is 6.67. The first-order valence-electron chi connectivity index (χ1n) is 6.61. The van der Waals surface area contributed by atoms with E-state index in [2.05, 4.69) is 5.32 Å². The van der Waals surface area contributed by atoms with E-state index in [0.29, 0.717) is 22.9 Å². The van der Waals surface area contributed by atoms with Gasteiger partial charge < -0.3 is 25.3 Å². The van der Waals surface area contributed by atoms with Gasteiger partial charge in [-0.1, -0.05) is 20.8 Å². The molecule has 6 nitrogen and oxygen atoms in total. The average Bonchev–Trinajstić information content (AvgIpc) is 2.44. The van der Waals surface area contributed by atoms with Crippen molar-refractivity contribution in [3.63, 3.8) is 0 Å². The van der Waals surface area contributed by atoms with E-state index in [4.69, 9.17) is 19.9 Å². The van der Waals surface area contributed by atoms with Gasteiger partial charge in [-0.3, -0.25) is 4.79 Å². The molecular weight excluding hydrogens is 272 g/mol. The Morgan fingerprint density at radius 2 is 1.57 bits per heavy atom. The van der Waals surface area contributed by atoms with Gasteiger partial charge in [0, 0.05) is 17.8 Å². The number of carbonyl (C=O) groups is 1. The van der Waals surface area contributed by atoms with Gasteiger partial charge in [0.1, 0.15) is 0 Å². The van der Waals surface area contributed by atoms with Gasteiger partial charge in [-0.25, -0.2) is 0 Å². The summed E-state index contributed by atoms with van der Waals surface area (Å²) in [6.45, 7) is 5.73. The van der Waals surface area contributed by atoms with E-state index in [1.165, 1.54) is 21.3 Å². The van der Waals surface area contributed by atoms with Crippen molar-refractivity contribution in [2.45, 2.75) is 26.8 Å². The summed E-state index contributed by atoms with van der Waals surface area (Å²) >= 11 is 0. The van der Waals surface area contributed by atoms with Crippen LogP contribution in [0.15, 0.2) is 12.1 Å². The molecule has 3 N–H and O–H groups in total. The van der Waals surface area contributed by atoms with Crippen LogP contribution in [0.4, 0.5) is 5.69 Å². The Labute approximate surface area is 125 Å². The van der Waals surface area contributed by atoms with Gasteiger partial charge in [-0.2, -0.15) is 0 Å². The number of methoxy groups -OCH3 is 3. The Hall–Kier alpha value is -1.95. The van der Waals surface area contributed by atoms with Crippen LogP contribution in [-0.2, 0) is 4.79 Å². The Morgan fingerprint density at radius 3 is 1.90 bits per heavy atom. The lowest BCUT2D eigenvalue weighted by Crippen LogP contribution is -2.45. The Kier molecular flexibility index (Phi) is 5.43. The summed E-state index contributed by atoms with van der Waals surface area (Å²) in [5.41, 5.74) is 6.15. The van der Waals surface area contributed by atoms with Gasteiger partial charge in [0.2, 0.25) is 11.7 Å². The predicted molar refractivity (Wildman–Crippen MR) is 82.2 cm³/mol. The van der Waals surface area contributed by atoms with Crippen LogP contribution in [0, 0.1) is 5.41 Å². The van der Waals surface area contributed by atoms with Crippen LogP contribution in [-0.4, -0.2) is 33.3 Å². The van der Waals surface area contributed by atoms with E-state index < -0.39 is 6.04 Å². The highest BCUT2D eigenvalue weighted by Gasteiger charge is 2.28. The van der Waals surface area contributed by atoms with Crippen molar-refractivity contribution in [3.8, 4) is 17.2 Å². The molecule has 0 saturated heterocycles. The second-order valence-electron chi connectivity index (χ2n) is 5.75. The lowest BCUT2D eigenvalue weighted by molar-refractivity contribution is -0.119. The van der Waals surface area contributed by atoms with Crippen molar-refractivity contribution in [1.29, 1.82) is 0 Å². The zero-order valence-electron chi connectivity index (χ0n) is 13.4. The van der Waals surface area contributed by atoms with E-state index in [9.17, 15) is 4.79 Å². The topological polar surface area (TPSA) is 82.8 Å². The highest BCUT2D eigenvalue weighted by atomic mass is 16.5. The van der Waals surface area contributed by atoms with Crippen LogP contribution < -0.4 is 25.3 Å². The fourth-order valence-electron chi connectivity index (χ4n) is 1.77. The van der Waals surface area contributed by atoms with E-state index in [0.717, 1.165) is 0 Å². The third kappa shape index (κ3) is 4.01. The van der Waals surface area contributed by atoms with E-state index in [-0.39, 0.29) is 11.3 Å². The lowest BCUT2D eigenvalue weighted by Gasteiger charge is -2.26. The number of benzene rings is 1. The number of nitrogens with two attached hydrogens (primary N) is 1. The van der Waals surface area contributed by atoms with Crippen LogP contribution in [0.5, 0.6) is 17.2 Å². The van der Waals surface area contributed by atoms with Crippen molar-refractivity contribution >= 4 is 11.6 Å². The number of hydrogen-bond donors (Lipinski definition) is 2. The highest BCUT2D eigenvalue weighted by molar-refractivity contribution is 5.95. The molecule has 0 saturated carbocycles. The standard InChI is InChI=1S/C15H24N2O4/c1-15(2,3)13(16)14(18)17-9-7-10(19-4)12(21-6)11(8-9)20-5/h7-8,13H,16H2,1-6H3,(H,17,18)/t13-/m1/s1. The number of amides is 1. The number of anilines is 1. The summed E-state index contributed by atoms with van der Waals surface area (Å²) in [4.78, 5) is 12.2. The first-order chi connectivity index (χ1) is 9.74. The Bertz CT molecular complexity index is 484. The Morgan fingerprint density at radius 1 is 1.10 bits per heavy atom. The minimum absolute atomic E-state index is 0.267. The zero-order valence-corrected chi connectivity index (χ0v) is 13.4. The van der Waals surface area contributed by atoms with Crippen LogP contribution in [0.25, 0.3) is 0 Å². The molecule has 0 fully saturated rings. The molecule has 0 bridgehead atoms. The molecule has 0 aliphatic rings. The molecule has 21 heavy (non-hydrogen) atoms. The third-order valence-corrected chi connectivity index (χ3v) is 3.15. The van der Waals surface area contributed by atoms with Gasteiger partial charge in [-0.15, -0.1) is 0 Å². The van der Waals surface area contributed by atoms with Crippen molar-refractivity contribution in [2.24, 2.45) is 11.1 Å². The molecule has 118 valence electrons. The number of hydrogen-bond acceptors (Lipinski definition) is 5. The van der Waals surface area contributed by atoms with Gasteiger partial charge in [0.05, 0.1) is 27.4 Å². The molecule has 0 heterocycles. The van der Waals surface area contributed by atoms with E-state index in [1.807, 2.05) is 20.8 Å². The Balaban J connectivity index is 3.07. The van der Waals surface area contributed by atoms with Crippen molar-refractivity contribution in [1.82, 2.24) is 0 Å². The first kappa shape index (κ1) is 17.1. The summed E-state index contributed by atoms with van der Waals surface area (Å²) in [5, 5.41) is 2.77. The molecule has 0 aliphatic heterocycles. The molecule has 1 amide bonds. The molecule has 0 spiro atoms. The smallest absolute Gasteiger partial charge is 0.241 e. The third-order valence-electron chi connectivity index (χ3n) is 3.15. The summed E-state index contributed by atoms with van der Waals surface area (Å²) in [6.07, 6.45) is 0. The highest BCUT2D eigenvalue weighted by Crippen LogP contribution is 2.40. The van der Waals surface area contributed by atoms with Gasteiger partial charge in [0.15, 0.2) is 11.5 Å². The molecule has 0 unspecified atom stereocenters. The van der Waals surface area contributed by atoms with Crippen molar-refractivity contribution in [2.75, 3.05) is 26.6 Å². The number of ether oxygens (including phenoxy) is 3. The summed E-state index contributed by atoms with van der Waals surface area (Å²) in [6, 6.07) is 2.69. The zero-order chi connectivity index (χ0) is 16.2. The fourth-order valence-corrected chi connectivity index (χ4v) is 1.77. The molecule has 1 atom stereocenters. The molecule has 1 aromatic carbocycles. The minimum Gasteiger partial charge on any atom is -0.493 e. The molecule has 0 radical (unpaired) electrons. The van der Waals surface area contributed by atoms with Crippen LogP contribution in [0.3, 0.4) is 0 Å². The molecule has 6 heteroatoms. The molecular formula is C15H24N2O4. The quantitative estimate of drug-likeness (QED) is 0.868. The normalized spacial score (nSPS) is 12.5. The van der Waals surface area contributed by atoms with Crippen LogP contribution in [0.1, 0.15) is 20.8 Å². The first-order valence-corrected chi connectivity index (χ1v) is 6.61. The number of nitrogens with one attached hydrogen (secondary N) is 1. The maximum absolute atomic E-state index is 12.2. The maximum atomic E-state index is 12.2. The second-order valence-corrected chi connectivity index (χ2v) is 5.75. The number of rotatable bonds is 5. The summed E-state index contributed by atoms with van der Waals surface area (Å²) < 4.78 is 15.7. The lowest BCUT2D eigenvalue weighted by atomic mass is 9.87. The number of carbonyl (C=O) groups excluding carboxylic acids is 1. The summed E-state index contributed by atoms with van der Waals surface area (Å²) in [5.74, 6) is 1.14. The molecule has 0 aliphatic carbocycles. The SMILES string of the molecule is COc1cc(NC(=O)[C@@H](N)C(C)(C)C)cc(OC)c1OC. The molecule has 1 aromatic rings. The van der Waals surface area contributed by atoms with Crippen molar-refractivity contribution in [3.05, 3.63) is 12.1 Å². The summed E-state index contributed by atoms with van der Waals surface area (Å²) in [7, 11) is 4.56. The fraction of sp³-hybridized carbons (Fsp3) is 0.533. The van der Waals surface area contributed by atoms with E-state index in [1.54, 1.807) is 12.1 Å². The van der Waals surface area contributed by atoms with Crippen molar-refractivity contribution < 1.29 is 19.0 Å². The molecule has 0 aromatic heterocycles. The van der Waals surface area contributed by atoms with Gasteiger partial charge in [-0.05, 0) is 5.41 Å². The van der Waals surface area contributed by atoms with Gasteiger partial charge >= 0.3 is 0 Å². The van der Waals surface area contributed by atoms with Crippen LogP contribution >= 0.6 is 0 Å². The van der Waals surface area contributed by atoms with Gasteiger partial charge in [0.25, 0.3) is 0 Å². The monoisotopic (exact) mass is 296 g/mol. The average molecular weight is 296 g/mol.